The van der Waals surface area contributed by atoms with Gasteiger partial charge < -0.3 is 39.4 Å². The second kappa shape index (κ2) is 8.60. The van der Waals surface area contributed by atoms with Gasteiger partial charge in [0.15, 0.2) is 0 Å². The number of carbonyl (C=O) groups is 1. The highest BCUT2D eigenvalue weighted by Gasteiger charge is 2.25. The van der Waals surface area contributed by atoms with Crippen molar-refractivity contribution in [3.05, 3.63) is 71.1 Å². The molecular weight excluding hydrogens is 444 g/mol. The fourth-order valence-electron chi connectivity index (χ4n) is 3.06. The number of methoxy groups -OCH3 is 1. The zero-order valence-electron chi connectivity index (χ0n) is 16.2. The van der Waals surface area contributed by atoms with E-state index in [9.17, 15) is 13.9 Å². The van der Waals surface area contributed by atoms with Gasteiger partial charge >= 0.3 is 0 Å². The molecule has 11 heteroatoms. The molecule has 0 radical (unpaired) electrons. The fourth-order valence-corrected chi connectivity index (χ4v) is 4.53. The van der Waals surface area contributed by atoms with Crippen molar-refractivity contribution < 1.29 is 23.4 Å². The highest BCUT2D eigenvalue weighted by Crippen LogP contribution is 2.52. The monoisotopic (exact) mass is 460 g/mol. The number of anilines is 1. The van der Waals surface area contributed by atoms with Crippen LogP contribution in [0.5, 0.6) is 11.6 Å². The van der Waals surface area contributed by atoms with Crippen LogP contribution in [-0.4, -0.2) is 38.7 Å². The normalized spacial score (nSPS) is 16.4. The van der Waals surface area contributed by atoms with Gasteiger partial charge in [0.05, 0.1) is 29.9 Å². The van der Waals surface area contributed by atoms with E-state index in [-0.39, 0.29) is 39.4 Å². The number of aromatic nitrogens is 2. The Morgan fingerprint density at radius 1 is 1.29 bits per heavy atom. The Kier molecular flexibility index (Phi) is 5.88. The molecule has 3 aromatic rings. The average molecular weight is 461 g/mol. The van der Waals surface area contributed by atoms with E-state index in [2.05, 4.69) is 20.0 Å². The van der Waals surface area contributed by atoms with Gasteiger partial charge in [-0.25, -0.2) is 4.98 Å². The van der Waals surface area contributed by atoms with Gasteiger partial charge in [0, 0.05) is 17.4 Å². The number of nitrogens with zero attached hydrogens (tertiary/aromatic N) is 2. The summed E-state index contributed by atoms with van der Waals surface area (Å²) in [5.74, 6) is -0.220. The Bertz CT molecular complexity index is 1120. The molecule has 3 heterocycles. The third-order valence-corrected chi connectivity index (χ3v) is 6.18. The van der Waals surface area contributed by atoms with E-state index >= 15 is 0 Å². The van der Waals surface area contributed by atoms with Crippen LogP contribution in [0, 0.1) is 0 Å². The molecule has 1 aliphatic heterocycles. The Balaban J connectivity index is 1.60. The predicted octanol–water partition coefficient (Wildman–Crippen LogP) is 3.45. The van der Waals surface area contributed by atoms with Crippen LogP contribution in [0.4, 0.5) is 5.69 Å². The van der Waals surface area contributed by atoms with E-state index in [0.29, 0.717) is 0 Å². The Morgan fingerprint density at radius 2 is 2.13 bits per heavy atom. The molecule has 0 saturated heterocycles. The van der Waals surface area contributed by atoms with E-state index in [4.69, 9.17) is 21.1 Å². The maximum Gasteiger partial charge on any atom is 0.257 e. The number of halogens is 1. The van der Waals surface area contributed by atoms with Crippen LogP contribution in [-0.2, 0) is 0 Å². The number of hydrogen-bond donors (Lipinski definition) is 2. The number of sulfonamides is 1. The molecule has 0 spiro atoms. The molecule has 9 nitrogen and oxygen atoms in total. The third-order valence-electron chi connectivity index (χ3n) is 4.54. The number of carbonyl (C=O) groups excluding carboxylic acids is 1. The zero-order valence-corrected chi connectivity index (χ0v) is 17.8. The predicted molar refractivity (Wildman–Crippen MR) is 113 cm³/mol. The molecule has 2 aromatic heterocycles. The first-order valence-electron chi connectivity index (χ1n) is 9.07. The molecule has 0 saturated carbocycles. The molecular formula is C20H17ClN4O5S-2. The van der Waals surface area contributed by atoms with Crippen molar-refractivity contribution in [3.8, 4) is 11.6 Å². The van der Waals surface area contributed by atoms with Crippen molar-refractivity contribution in [3.63, 3.8) is 0 Å². The lowest BCUT2D eigenvalue weighted by atomic mass is 10.1. The topological polar surface area (TPSA) is 131 Å². The smallest absolute Gasteiger partial charge is 0.257 e. The molecule has 2 N–H and O–H groups in total. The first kappa shape index (κ1) is 21.2. The number of hydrogen-bond acceptors (Lipinski definition) is 8. The largest absolute Gasteiger partial charge is 0.779 e. The first-order chi connectivity index (χ1) is 14.9. The third kappa shape index (κ3) is 4.52. The van der Waals surface area contributed by atoms with Crippen LogP contribution in [0.15, 0.2) is 59.9 Å². The van der Waals surface area contributed by atoms with E-state index in [1.165, 1.54) is 37.6 Å². The maximum atomic E-state index is 12.9. The lowest BCUT2D eigenvalue weighted by Crippen LogP contribution is -2.29. The summed E-state index contributed by atoms with van der Waals surface area (Å²) < 4.78 is 38.9. The molecule has 31 heavy (non-hydrogen) atoms. The van der Waals surface area contributed by atoms with E-state index < -0.39 is 22.7 Å². The summed E-state index contributed by atoms with van der Waals surface area (Å²) in [7, 11) is -2.71. The maximum absolute atomic E-state index is 12.9. The Hall–Kier alpha value is -3.05. The van der Waals surface area contributed by atoms with Gasteiger partial charge in [-0.15, -0.1) is 0 Å². The molecule has 1 aliphatic rings. The molecule has 1 atom stereocenters. The van der Waals surface area contributed by atoms with Gasteiger partial charge in [-0.1, -0.05) is 17.7 Å². The van der Waals surface area contributed by atoms with Crippen LogP contribution < -0.4 is 19.5 Å². The molecule has 0 fully saturated rings. The Labute approximate surface area is 184 Å². The summed E-state index contributed by atoms with van der Waals surface area (Å²) in [6, 6.07) is 8.75. The van der Waals surface area contributed by atoms with Crippen molar-refractivity contribution in [2.75, 3.05) is 18.4 Å². The number of benzene rings is 1. The standard InChI is InChI=1S/C20H19ClN4O5S/c1-29-17-5-4-13(21)7-18(17)31(27,28)25-14-8-15-19(26)24-16(11-30-20(15)23-10-14)12-3-2-6-22-9-12/h2-10,16,25,27-28H,11H2,1H3,(H,24,26)/p-2. The lowest BCUT2D eigenvalue weighted by molar-refractivity contribution is 0.0938. The molecule has 1 unspecified atom stereocenters. The number of amides is 1. The van der Waals surface area contributed by atoms with E-state index in [0.717, 1.165) is 5.56 Å². The van der Waals surface area contributed by atoms with Gasteiger partial charge in [0.1, 0.15) is 17.9 Å². The minimum absolute atomic E-state index is 0.0827. The van der Waals surface area contributed by atoms with Crippen molar-refractivity contribution in [2.45, 2.75) is 10.9 Å². The fraction of sp³-hybridized carbons (Fsp3) is 0.150. The molecule has 1 amide bonds. The molecule has 4 rings (SSSR count). The average Bonchev–Trinajstić information content (AvgIpc) is 2.93. The van der Waals surface area contributed by atoms with Crippen molar-refractivity contribution in [1.82, 2.24) is 15.3 Å². The Morgan fingerprint density at radius 3 is 2.87 bits per heavy atom. The number of nitrogens with one attached hydrogen (secondary N) is 2. The van der Waals surface area contributed by atoms with Crippen LogP contribution in [0.2, 0.25) is 5.02 Å². The van der Waals surface area contributed by atoms with Gasteiger partial charge in [0.2, 0.25) is 5.88 Å². The van der Waals surface area contributed by atoms with Gasteiger partial charge in [-0.2, -0.15) is 0 Å². The van der Waals surface area contributed by atoms with Crippen LogP contribution in [0.25, 0.3) is 0 Å². The van der Waals surface area contributed by atoms with E-state index in [1.807, 2.05) is 6.07 Å². The zero-order chi connectivity index (χ0) is 22.0. The summed E-state index contributed by atoms with van der Waals surface area (Å²) in [5, 5.41) is 3.07. The van der Waals surface area contributed by atoms with Gasteiger partial charge in [0.25, 0.3) is 5.91 Å². The molecule has 0 bridgehead atoms. The quantitative estimate of drug-likeness (QED) is 0.591. The number of fused-ring (bicyclic) bond motifs is 1. The minimum atomic E-state index is -4.07. The first-order valence-corrected chi connectivity index (χ1v) is 10.9. The van der Waals surface area contributed by atoms with Gasteiger partial charge in [-0.05, 0) is 35.9 Å². The number of pyridine rings is 2. The summed E-state index contributed by atoms with van der Waals surface area (Å²) >= 11 is 5.95. The summed E-state index contributed by atoms with van der Waals surface area (Å²) in [5.41, 5.74) is 0.960. The van der Waals surface area contributed by atoms with Crippen molar-refractivity contribution >= 4 is 34.0 Å². The SMILES string of the molecule is COc1ccc(Cl)cc1S([O-])([O-])Nc1cnc2c(c1)C(=O)NC(c1cccnc1)CO2. The van der Waals surface area contributed by atoms with Gasteiger partial charge in [-0.3, -0.25) is 9.78 Å². The molecule has 162 valence electrons. The number of rotatable bonds is 5. The highest BCUT2D eigenvalue weighted by molar-refractivity contribution is 8.25. The van der Waals surface area contributed by atoms with Crippen molar-refractivity contribution in [2.24, 2.45) is 0 Å². The number of ether oxygens (including phenoxy) is 2. The lowest BCUT2D eigenvalue weighted by Gasteiger charge is -2.60. The summed E-state index contributed by atoms with van der Waals surface area (Å²) in [4.78, 5) is 20.8. The molecule has 1 aromatic carbocycles. The second-order valence-electron chi connectivity index (χ2n) is 6.60. The van der Waals surface area contributed by atoms with Crippen molar-refractivity contribution in [1.29, 1.82) is 0 Å². The summed E-state index contributed by atoms with van der Waals surface area (Å²) in [6.07, 6.45) is 4.53. The van der Waals surface area contributed by atoms with Crippen LogP contribution >= 0.6 is 22.4 Å². The second-order valence-corrected chi connectivity index (χ2v) is 8.69. The van der Waals surface area contributed by atoms with Crippen LogP contribution in [0.1, 0.15) is 22.0 Å². The van der Waals surface area contributed by atoms with E-state index in [1.54, 1.807) is 18.5 Å². The minimum Gasteiger partial charge on any atom is -0.779 e. The summed E-state index contributed by atoms with van der Waals surface area (Å²) in [6.45, 7) is 0.155. The van der Waals surface area contributed by atoms with Crippen LogP contribution in [0.3, 0.4) is 0 Å². The molecule has 0 aliphatic carbocycles. The highest BCUT2D eigenvalue weighted by atomic mass is 35.5.